The van der Waals surface area contributed by atoms with Gasteiger partial charge in [-0.2, -0.15) is 8.82 Å². The Kier molecular flexibility index (Phi) is 4.21. The van der Waals surface area contributed by atoms with Crippen molar-refractivity contribution in [2.24, 2.45) is 0 Å². The summed E-state index contributed by atoms with van der Waals surface area (Å²) in [6.45, 7) is 3.83. The highest BCUT2D eigenvalue weighted by atomic mass is 32.2. The smallest absolute Gasteiger partial charge is 0.243 e. The first-order valence-electron chi connectivity index (χ1n) is 9.45. The van der Waals surface area contributed by atoms with Gasteiger partial charge in [0.2, 0.25) is 10.0 Å². The number of benzene rings is 2. The molecule has 0 atom stereocenters. The molecule has 0 radical (unpaired) electrons. The van der Waals surface area contributed by atoms with Crippen molar-refractivity contribution in [2.45, 2.75) is 11.8 Å². The minimum Gasteiger partial charge on any atom is -0.353 e. The van der Waals surface area contributed by atoms with Crippen LogP contribution in [0, 0.1) is 6.92 Å². The van der Waals surface area contributed by atoms with E-state index in [9.17, 15) is 8.42 Å². The molecule has 0 spiro atoms. The second-order valence-electron chi connectivity index (χ2n) is 7.11. The van der Waals surface area contributed by atoms with Crippen LogP contribution in [0.4, 0.5) is 5.82 Å². The summed E-state index contributed by atoms with van der Waals surface area (Å²) >= 11 is 0. The fourth-order valence-electron chi connectivity index (χ4n) is 3.69. The topological polar surface area (TPSA) is 83.7 Å². The number of anilines is 1. The molecule has 1 aliphatic heterocycles. The lowest BCUT2D eigenvalue weighted by Gasteiger charge is -2.34. The predicted molar refractivity (Wildman–Crippen MR) is 110 cm³/mol. The van der Waals surface area contributed by atoms with Gasteiger partial charge in [0, 0.05) is 26.2 Å². The predicted octanol–water partition coefficient (Wildman–Crippen LogP) is 2.10. The molecule has 29 heavy (non-hydrogen) atoms. The second kappa shape index (κ2) is 6.78. The number of rotatable bonds is 3. The van der Waals surface area contributed by atoms with Crippen LogP contribution in [0.5, 0.6) is 0 Å². The highest BCUT2D eigenvalue weighted by Gasteiger charge is 2.29. The molecule has 2 aromatic carbocycles. The van der Waals surface area contributed by atoms with Crippen LogP contribution >= 0.6 is 0 Å². The molecule has 0 bridgehead atoms. The lowest BCUT2D eigenvalue weighted by molar-refractivity contribution is 0.383. The van der Waals surface area contributed by atoms with Crippen molar-refractivity contribution >= 4 is 32.3 Å². The van der Waals surface area contributed by atoms with Crippen LogP contribution in [0.2, 0.25) is 0 Å². The number of nitrogens with zero attached hydrogens (tertiary/aromatic N) is 6. The van der Waals surface area contributed by atoms with Crippen LogP contribution in [-0.2, 0) is 10.0 Å². The molecule has 1 saturated heterocycles. The summed E-state index contributed by atoms with van der Waals surface area (Å²) < 4.78 is 29.5. The van der Waals surface area contributed by atoms with E-state index in [2.05, 4.69) is 20.2 Å². The van der Waals surface area contributed by atoms with Gasteiger partial charge in [0.1, 0.15) is 5.82 Å². The molecule has 0 unspecified atom stereocenters. The van der Waals surface area contributed by atoms with Gasteiger partial charge in [-0.15, -0.1) is 15.3 Å². The summed E-state index contributed by atoms with van der Waals surface area (Å²) in [6.07, 6.45) is 0. The summed E-state index contributed by atoms with van der Waals surface area (Å²) in [6, 6.07) is 16.8. The van der Waals surface area contributed by atoms with Crippen LogP contribution < -0.4 is 4.90 Å². The molecule has 1 aliphatic rings. The first kappa shape index (κ1) is 18.0. The quantitative estimate of drug-likeness (QED) is 0.516. The zero-order valence-corrected chi connectivity index (χ0v) is 16.7. The van der Waals surface area contributed by atoms with Gasteiger partial charge in [0.15, 0.2) is 11.5 Å². The van der Waals surface area contributed by atoms with Crippen LogP contribution in [0.25, 0.3) is 16.4 Å². The Morgan fingerprint density at radius 3 is 2.41 bits per heavy atom. The van der Waals surface area contributed by atoms with Gasteiger partial charge in [-0.3, -0.25) is 0 Å². The molecule has 5 rings (SSSR count). The summed E-state index contributed by atoms with van der Waals surface area (Å²) in [5.74, 6) is 1.52. The number of fused-ring (bicyclic) bond motifs is 2. The first-order valence-corrected chi connectivity index (χ1v) is 10.9. The Labute approximate surface area is 168 Å². The fourth-order valence-corrected chi connectivity index (χ4v) is 5.15. The maximum absolute atomic E-state index is 13.1. The van der Waals surface area contributed by atoms with Gasteiger partial charge < -0.3 is 4.90 Å². The van der Waals surface area contributed by atoms with E-state index in [0.717, 1.165) is 22.4 Å². The summed E-state index contributed by atoms with van der Waals surface area (Å²) in [4.78, 5) is 2.43. The normalized spacial score (nSPS) is 16.0. The Hall–Kier alpha value is -3.04. The second-order valence-corrected chi connectivity index (χ2v) is 9.05. The van der Waals surface area contributed by atoms with E-state index in [1.807, 2.05) is 49.4 Å². The zero-order valence-electron chi connectivity index (χ0n) is 15.9. The number of hydrogen-bond acceptors (Lipinski definition) is 6. The molecule has 0 aliphatic carbocycles. The standard InChI is InChI=1S/C20H20N6O2S/c1-15-21-22-19-8-9-20(23-26(15)19)24-10-12-25(13-11-24)29(27,28)18-7-6-16-4-2-3-5-17(16)14-18/h2-9,14H,10-13H2,1H3. The molecule has 8 nitrogen and oxygen atoms in total. The Balaban J connectivity index is 1.36. The SMILES string of the molecule is Cc1nnc2ccc(N3CCN(S(=O)(=O)c4ccc5ccccc5c4)CC3)nn12. The van der Waals surface area contributed by atoms with Gasteiger partial charge in [-0.1, -0.05) is 30.3 Å². The molecule has 0 saturated carbocycles. The van der Waals surface area contributed by atoms with E-state index in [-0.39, 0.29) is 0 Å². The Bertz CT molecular complexity index is 1310. The molecule has 0 amide bonds. The van der Waals surface area contributed by atoms with E-state index < -0.39 is 10.0 Å². The minimum atomic E-state index is -3.53. The Morgan fingerprint density at radius 1 is 0.862 bits per heavy atom. The number of sulfonamides is 1. The molecule has 9 heteroatoms. The highest BCUT2D eigenvalue weighted by Crippen LogP contribution is 2.24. The monoisotopic (exact) mass is 408 g/mol. The van der Waals surface area contributed by atoms with Crippen molar-refractivity contribution in [1.29, 1.82) is 0 Å². The van der Waals surface area contributed by atoms with Gasteiger partial charge in [-0.25, -0.2) is 8.42 Å². The fraction of sp³-hybridized carbons (Fsp3) is 0.250. The number of hydrogen-bond donors (Lipinski definition) is 0. The van der Waals surface area contributed by atoms with Crippen molar-refractivity contribution in [3.8, 4) is 0 Å². The van der Waals surface area contributed by atoms with Crippen molar-refractivity contribution in [1.82, 2.24) is 24.1 Å². The van der Waals surface area contributed by atoms with E-state index >= 15 is 0 Å². The molecule has 3 heterocycles. The minimum absolute atomic E-state index is 0.337. The summed E-state index contributed by atoms with van der Waals surface area (Å²) in [5.41, 5.74) is 0.698. The summed E-state index contributed by atoms with van der Waals surface area (Å²) in [5, 5.41) is 14.6. The number of piperazine rings is 1. The third kappa shape index (κ3) is 3.12. The van der Waals surface area contributed by atoms with Crippen LogP contribution in [0.3, 0.4) is 0 Å². The lowest BCUT2D eigenvalue weighted by Crippen LogP contribution is -2.49. The van der Waals surface area contributed by atoms with Crippen LogP contribution in [0.15, 0.2) is 59.5 Å². The van der Waals surface area contributed by atoms with Gasteiger partial charge in [0.05, 0.1) is 4.90 Å². The van der Waals surface area contributed by atoms with Crippen LogP contribution in [-0.4, -0.2) is 58.7 Å². The number of aromatic nitrogens is 4. The van der Waals surface area contributed by atoms with Crippen molar-refractivity contribution in [3.63, 3.8) is 0 Å². The maximum atomic E-state index is 13.1. The molecule has 4 aromatic rings. The molecule has 1 fully saturated rings. The highest BCUT2D eigenvalue weighted by molar-refractivity contribution is 7.89. The van der Waals surface area contributed by atoms with Gasteiger partial charge >= 0.3 is 0 Å². The largest absolute Gasteiger partial charge is 0.353 e. The average Bonchev–Trinajstić information content (AvgIpc) is 3.13. The van der Waals surface area contributed by atoms with Crippen molar-refractivity contribution in [3.05, 3.63) is 60.4 Å². The van der Waals surface area contributed by atoms with Crippen LogP contribution in [0.1, 0.15) is 5.82 Å². The van der Waals surface area contributed by atoms with Gasteiger partial charge in [0.25, 0.3) is 0 Å². The lowest BCUT2D eigenvalue weighted by atomic mass is 10.1. The molecule has 0 N–H and O–H groups in total. The van der Waals surface area contributed by atoms with E-state index in [0.29, 0.717) is 36.7 Å². The maximum Gasteiger partial charge on any atom is 0.243 e. The number of aryl methyl sites for hydroxylation is 1. The van der Waals surface area contributed by atoms with E-state index in [1.165, 1.54) is 0 Å². The zero-order chi connectivity index (χ0) is 20.0. The molecule has 148 valence electrons. The van der Waals surface area contributed by atoms with Crippen molar-refractivity contribution < 1.29 is 8.42 Å². The third-order valence-corrected chi connectivity index (χ3v) is 7.22. The van der Waals surface area contributed by atoms with Crippen molar-refractivity contribution in [2.75, 3.05) is 31.1 Å². The van der Waals surface area contributed by atoms with Gasteiger partial charge in [-0.05, 0) is 42.0 Å². The average molecular weight is 408 g/mol. The third-order valence-electron chi connectivity index (χ3n) is 5.33. The van der Waals surface area contributed by atoms with E-state index in [4.69, 9.17) is 0 Å². The summed E-state index contributed by atoms with van der Waals surface area (Å²) in [7, 11) is -3.53. The molecule has 2 aromatic heterocycles. The van der Waals surface area contributed by atoms with E-state index in [1.54, 1.807) is 21.0 Å². The molecular formula is C20H20N6O2S. The Morgan fingerprint density at radius 2 is 1.62 bits per heavy atom. The first-order chi connectivity index (χ1) is 14.0. The molecular weight excluding hydrogens is 388 g/mol.